The van der Waals surface area contributed by atoms with Crippen molar-refractivity contribution in [1.82, 2.24) is 5.32 Å². The highest BCUT2D eigenvalue weighted by Crippen LogP contribution is 2.30. The summed E-state index contributed by atoms with van der Waals surface area (Å²) < 4.78 is 5.12. The lowest BCUT2D eigenvalue weighted by Crippen LogP contribution is -2.47. The number of halogens is 1. The molecule has 1 unspecified atom stereocenters. The fourth-order valence-electron chi connectivity index (χ4n) is 1.60. The molecule has 20 heavy (non-hydrogen) atoms. The lowest BCUT2D eigenvalue weighted by atomic mass is 9.93. The molecule has 0 aliphatic carbocycles. The molecule has 0 saturated carbocycles. The molecule has 0 heterocycles. The number of alkyl carbamates (subject to hydrolysis) is 1. The van der Waals surface area contributed by atoms with E-state index >= 15 is 0 Å². The summed E-state index contributed by atoms with van der Waals surface area (Å²) in [5.41, 5.74) is -1.64. The first-order valence-electron chi connectivity index (χ1n) is 6.04. The molecule has 5 nitrogen and oxygen atoms in total. The highest BCUT2D eigenvalue weighted by atomic mass is 35.5. The zero-order valence-electron chi connectivity index (χ0n) is 11.9. The molecule has 0 saturated heterocycles. The van der Waals surface area contributed by atoms with E-state index in [1.807, 2.05) is 0 Å². The van der Waals surface area contributed by atoms with E-state index in [1.165, 1.54) is 25.1 Å². The Labute approximate surface area is 122 Å². The average molecular weight is 300 g/mol. The SMILES string of the molecule is CC(C)(C)OC(=O)NC(C)(C=O)c1ccc(O)cc1Cl. The first kappa shape index (κ1) is 16.3. The molecule has 1 rings (SSSR count). The fraction of sp³-hybridized carbons (Fsp3) is 0.429. The number of phenols is 1. The molecule has 110 valence electrons. The van der Waals surface area contributed by atoms with Gasteiger partial charge in [0, 0.05) is 5.56 Å². The molecule has 1 aromatic rings. The number of benzene rings is 1. The zero-order chi connectivity index (χ0) is 15.6. The Bertz CT molecular complexity index is 524. The van der Waals surface area contributed by atoms with Crippen molar-refractivity contribution < 1.29 is 19.4 Å². The Morgan fingerprint density at radius 2 is 1.95 bits per heavy atom. The van der Waals surface area contributed by atoms with Crippen LogP contribution in [0, 0.1) is 0 Å². The van der Waals surface area contributed by atoms with Crippen LogP contribution in [-0.2, 0) is 15.1 Å². The maximum absolute atomic E-state index is 11.8. The van der Waals surface area contributed by atoms with Gasteiger partial charge in [-0.3, -0.25) is 0 Å². The van der Waals surface area contributed by atoms with E-state index in [-0.39, 0.29) is 10.8 Å². The van der Waals surface area contributed by atoms with E-state index in [1.54, 1.807) is 20.8 Å². The zero-order valence-corrected chi connectivity index (χ0v) is 12.6. The molecular weight excluding hydrogens is 282 g/mol. The standard InChI is InChI=1S/C14H18ClNO4/c1-13(2,3)20-12(19)16-14(4,8-17)10-6-5-9(18)7-11(10)15/h5-8,18H,1-4H3,(H,16,19). The van der Waals surface area contributed by atoms with Gasteiger partial charge in [0.1, 0.15) is 23.2 Å². The van der Waals surface area contributed by atoms with Crippen LogP contribution < -0.4 is 5.32 Å². The van der Waals surface area contributed by atoms with E-state index in [0.717, 1.165) is 0 Å². The summed E-state index contributed by atoms with van der Waals surface area (Å²) in [4.78, 5) is 23.2. The number of phenolic OH excluding ortho intramolecular Hbond substituents is 1. The van der Waals surface area contributed by atoms with Crippen LogP contribution in [0.25, 0.3) is 0 Å². The van der Waals surface area contributed by atoms with Gasteiger partial charge < -0.3 is 20.0 Å². The average Bonchev–Trinajstić information content (AvgIpc) is 2.25. The van der Waals surface area contributed by atoms with Crippen molar-refractivity contribution in [2.75, 3.05) is 0 Å². The third kappa shape index (κ3) is 4.13. The molecule has 0 aliphatic rings. The number of amides is 1. The van der Waals surface area contributed by atoms with Crippen LogP contribution in [0.3, 0.4) is 0 Å². The molecule has 0 fully saturated rings. The molecule has 1 amide bonds. The van der Waals surface area contributed by atoms with Crippen LogP contribution in [0.15, 0.2) is 18.2 Å². The van der Waals surface area contributed by atoms with Crippen LogP contribution >= 0.6 is 11.6 Å². The maximum atomic E-state index is 11.8. The van der Waals surface area contributed by atoms with E-state index in [4.69, 9.17) is 16.3 Å². The smallest absolute Gasteiger partial charge is 0.408 e. The molecule has 2 N–H and O–H groups in total. The van der Waals surface area contributed by atoms with Crippen molar-refractivity contribution in [3.05, 3.63) is 28.8 Å². The third-order valence-corrected chi connectivity index (χ3v) is 2.82. The molecule has 0 bridgehead atoms. The molecule has 0 radical (unpaired) electrons. The van der Waals surface area contributed by atoms with Gasteiger partial charge in [-0.15, -0.1) is 0 Å². The second-order valence-electron chi connectivity index (χ2n) is 5.61. The highest BCUT2D eigenvalue weighted by Gasteiger charge is 2.32. The Hall–Kier alpha value is -1.75. The number of aromatic hydroxyl groups is 1. The van der Waals surface area contributed by atoms with E-state index in [2.05, 4.69) is 5.32 Å². The Balaban J connectivity index is 3.03. The number of rotatable bonds is 3. The molecule has 6 heteroatoms. The quantitative estimate of drug-likeness (QED) is 0.841. The van der Waals surface area contributed by atoms with Crippen LogP contribution in [0.5, 0.6) is 5.75 Å². The molecule has 0 aliphatic heterocycles. The predicted molar refractivity (Wildman–Crippen MR) is 75.9 cm³/mol. The van der Waals surface area contributed by atoms with Crippen molar-refractivity contribution >= 4 is 24.0 Å². The number of carbonyl (C=O) groups is 2. The van der Waals surface area contributed by atoms with Gasteiger partial charge in [-0.2, -0.15) is 0 Å². The van der Waals surface area contributed by atoms with Gasteiger partial charge in [-0.1, -0.05) is 17.7 Å². The van der Waals surface area contributed by atoms with Gasteiger partial charge in [0.2, 0.25) is 0 Å². The van der Waals surface area contributed by atoms with Crippen LogP contribution in [-0.4, -0.2) is 23.1 Å². The van der Waals surface area contributed by atoms with Gasteiger partial charge in [0.15, 0.2) is 0 Å². The van der Waals surface area contributed by atoms with E-state index < -0.39 is 17.2 Å². The highest BCUT2D eigenvalue weighted by molar-refractivity contribution is 6.31. The summed E-state index contributed by atoms with van der Waals surface area (Å²) in [6.45, 7) is 6.66. The first-order chi connectivity index (χ1) is 9.07. The van der Waals surface area contributed by atoms with Gasteiger partial charge in [0.25, 0.3) is 0 Å². The Kier molecular flexibility index (Phi) is 4.65. The lowest BCUT2D eigenvalue weighted by molar-refractivity contribution is -0.113. The number of carbonyl (C=O) groups excluding carboxylic acids is 2. The lowest BCUT2D eigenvalue weighted by Gasteiger charge is -2.28. The molecule has 1 atom stereocenters. The second-order valence-corrected chi connectivity index (χ2v) is 6.02. The summed E-state index contributed by atoms with van der Waals surface area (Å²) in [5, 5.41) is 12.0. The fourth-order valence-corrected chi connectivity index (χ4v) is 1.97. The van der Waals surface area contributed by atoms with Crippen molar-refractivity contribution in [2.24, 2.45) is 0 Å². The van der Waals surface area contributed by atoms with Crippen molar-refractivity contribution in [3.63, 3.8) is 0 Å². The summed E-state index contributed by atoms with van der Waals surface area (Å²) >= 11 is 6.00. The van der Waals surface area contributed by atoms with Crippen molar-refractivity contribution in [2.45, 2.75) is 38.8 Å². The largest absolute Gasteiger partial charge is 0.508 e. The molecule has 0 spiro atoms. The van der Waals surface area contributed by atoms with Gasteiger partial charge in [0.05, 0.1) is 5.02 Å². The maximum Gasteiger partial charge on any atom is 0.408 e. The topological polar surface area (TPSA) is 75.6 Å². The Morgan fingerprint density at radius 3 is 2.40 bits per heavy atom. The number of hydrogen-bond donors (Lipinski definition) is 2. The van der Waals surface area contributed by atoms with Gasteiger partial charge >= 0.3 is 6.09 Å². The first-order valence-corrected chi connectivity index (χ1v) is 6.42. The van der Waals surface area contributed by atoms with Crippen LogP contribution in [0.2, 0.25) is 5.02 Å². The number of aldehydes is 1. The second kappa shape index (κ2) is 5.71. The normalized spacial score (nSPS) is 14.2. The summed E-state index contributed by atoms with van der Waals surface area (Å²) in [6, 6.07) is 4.17. The predicted octanol–water partition coefficient (Wildman–Crippen LogP) is 2.98. The minimum Gasteiger partial charge on any atom is -0.508 e. The van der Waals surface area contributed by atoms with Gasteiger partial charge in [-0.05, 0) is 39.8 Å². The number of nitrogens with one attached hydrogen (secondary N) is 1. The molecule has 0 aromatic heterocycles. The van der Waals surface area contributed by atoms with Crippen LogP contribution in [0.1, 0.15) is 33.3 Å². The van der Waals surface area contributed by atoms with Crippen molar-refractivity contribution in [1.29, 1.82) is 0 Å². The minimum atomic E-state index is -1.34. The van der Waals surface area contributed by atoms with Crippen molar-refractivity contribution in [3.8, 4) is 5.75 Å². The summed E-state index contributed by atoms with van der Waals surface area (Å²) in [5.74, 6) is -0.0238. The molecular formula is C14H18ClNO4. The number of ether oxygens (including phenoxy) is 1. The summed E-state index contributed by atoms with van der Waals surface area (Å²) in [7, 11) is 0. The Morgan fingerprint density at radius 1 is 1.35 bits per heavy atom. The minimum absolute atomic E-state index is 0.0238. The van der Waals surface area contributed by atoms with Gasteiger partial charge in [-0.25, -0.2) is 4.79 Å². The van der Waals surface area contributed by atoms with E-state index in [0.29, 0.717) is 11.8 Å². The number of hydrogen-bond acceptors (Lipinski definition) is 4. The molecule has 1 aromatic carbocycles. The van der Waals surface area contributed by atoms with Crippen LogP contribution in [0.4, 0.5) is 4.79 Å². The third-order valence-electron chi connectivity index (χ3n) is 2.51. The van der Waals surface area contributed by atoms with E-state index in [9.17, 15) is 14.7 Å². The summed E-state index contributed by atoms with van der Waals surface area (Å²) in [6.07, 6.45) is -0.161. The monoisotopic (exact) mass is 299 g/mol.